The summed E-state index contributed by atoms with van der Waals surface area (Å²) in [6.45, 7) is 0. The van der Waals surface area contributed by atoms with Crippen LogP contribution in [0.15, 0.2) is 18.2 Å². The van der Waals surface area contributed by atoms with Gasteiger partial charge in [0.05, 0.1) is 5.92 Å². The molecule has 1 aromatic carbocycles. The van der Waals surface area contributed by atoms with Crippen molar-refractivity contribution in [2.45, 2.75) is 31.7 Å². The van der Waals surface area contributed by atoms with Crippen LogP contribution in [0.25, 0.3) is 0 Å². The Morgan fingerprint density at radius 3 is 2.43 bits per heavy atom. The lowest BCUT2D eigenvalue weighted by Gasteiger charge is -2.32. The van der Waals surface area contributed by atoms with Gasteiger partial charge in [-0.15, -0.1) is 0 Å². The van der Waals surface area contributed by atoms with E-state index in [1.165, 1.54) is 19.2 Å². The predicted octanol–water partition coefficient (Wildman–Crippen LogP) is 3.22. The second kappa shape index (κ2) is 7.67. The first-order chi connectivity index (χ1) is 10.9. The van der Waals surface area contributed by atoms with Crippen LogP contribution in [-0.2, 0) is 4.79 Å². The number of halogens is 2. The Hall–Kier alpha value is -1.77. The highest BCUT2D eigenvalue weighted by Gasteiger charge is 2.34. The zero-order valence-corrected chi connectivity index (χ0v) is 14.2. The van der Waals surface area contributed by atoms with Crippen LogP contribution < -0.4 is 5.32 Å². The maximum atomic E-state index is 12.4. The van der Waals surface area contributed by atoms with E-state index in [0.29, 0.717) is 28.5 Å². The van der Waals surface area contributed by atoms with Crippen molar-refractivity contribution in [1.29, 1.82) is 5.26 Å². The molecule has 23 heavy (non-hydrogen) atoms. The van der Waals surface area contributed by atoms with Crippen molar-refractivity contribution < 1.29 is 9.59 Å². The van der Waals surface area contributed by atoms with E-state index in [1.807, 2.05) is 6.19 Å². The van der Waals surface area contributed by atoms with E-state index >= 15 is 0 Å². The summed E-state index contributed by atoms with van der Waals surface area (Å²) in [5.41, 5.74) is 0.355. The molecule has 1 aliphatic rings. The lowest BCUT2D eigenvalue weighted by Crippen LogP contribution is -2.48. The molecule has 2 atom stereocenters. The van der Waals surface area contributed by atoms with E-state index in [-0.39, 0.29) is 23.8 Å². The SMILES string of the molecule is CN(C#N)C(=O)[C@H]1CCCC[C@H]1NC(=O)c1cc(Cl)cc(Cl)c1. The van der Waals surface area contributed by atoms with Gasteiger partial charge in [-0.2, -0.15) is 5.26 Å². The van der Waals surface area contributed by atoms with Crippen LogP contribution >= 0.6 is 23.2 Å². The second-order valence-electron chi connectivity index (χ2n) is 5.63. The maximum Gasteiger partial charge on any atom is 0.251 e. The summed E-state index contributed by atoms with van der Waals surface area (Å²) in [6.07, 6.45) is 5.02. The van der Waals surface area contributed by atoms with Gasteiger partial charge >= 0.3 is 0 Å². The summed E-state index contributed by atoms with van der Waals surface area (Å²) in [6, 6.07) is 4.32. The van der Waals surface area contributed by atoms with Gasteiger partial charge in [-0.3, -0.25) is 14.5 Å². The van der Waals surface area contributed by atoms with Crippen molar-refractivity contribution >= 4 is 35.0 Å². The number of carbonyl (C=O) groups excluding carboxylic acids is 2. The lowest BCUT2D eigenvalue weighted by molar-refractivity contribution is -0.133. The quantitative estimate of drug-likeness (QED) is 0.669. The van der Waals surface area contributed by atoms with Crippen LogP contribution in [0.5, 0.6) is 0 Å². The molecule has 0 aromatic heterocycles. The minimum Gasteiger partial charge on any atom is -0.349 e. The lowest BCUT2D eigenvalue weighted by atomic mass is 9.83. The second-order valence-corrected chi connectivity index (χ2v) is 6.50. The molecule has 0 aliphatic heterocycles. The van der Waals surface area contributed by atoms with Gasteiger partial charge in [0.2, 0.25) is 5.91 Å². The first-order valence-electron chi connectivity index (χ1n) is 7.36. The van der Waals surface area contributed by atoms with E-state index in [2.05, 4.69) is 5.32 Å². The van der Waals surface area contributed by atoms with Crippen molar-refractivity contribution in [2.75, 3.05) is 7.05 Å². The van der Waals surface area contributed by atoms with Gasteiger partial charge < -0.3 is 5.32 Å². The van der Waals surface area contributed by atoms with Crippen LogP contribution in [0.3, 0.4) is 0 Å². The largest absolute Gasteiger partial charge is 0.349 e. The molecule has 0 bridgehead atoms. The molecule has 5 nitrogen and oxygen atoms in total. The van der Waals surface area contributed by atoms with Gasteiger partial charge in [0.1, 0.15) is 0 Å². The zero-order valence-electron chi connectivity index (χ0n) is 12.7. The summed E-state index contributed by atoms with van der Waals surface area (Å²) < 4.78 is 0. The number of hydrogen-bond acceptors (Lipinski definition) is 3. The number of amides is 2. The molecule has 1 saturated carbocycles. The molecule has 2 rings (SSSR count). The summed E-state index contributed by atoms with van der Waals surface area (Å²) in [5, 5.41) is 12.5. The predicted molar refractivity (Wildman–Crippen MR) is 88.1 cm³/mol. The Balaban J connectivity index is 2.14. The topological polar surface area (TPSA) is 73.2 Å². The van der Waals surface area contributed by atoms with Gasteiger partial charge in [-0.05, 0) is 31.0 Å². The fourth-order valence-corrected chi connectivity index (χ4v) is 3.36. The Morgan fingerprint density at radius 1 is 1.22 bits per heavy atom. The highest BCUT2D eigenvalue weighted by atomic mass is 35.5. The Bertz CT molecular complexity index is 637. The average molecular weight is 354 g/mol. The van der Waals surface area contributed by atoms with Crippen molar-refractivity contribution in [3.63, 3.8) is 0 Å². The number of nitrogens with zero attached hydrogens (tertiary/aromatic N) is 2. The average Bonchev–Trinajstić information content (AvgIpc) is 2.53. The van der Waals surface area contributed by atoms with Crippen LogP contribution in [-0.4, -0.2) is 29.8 Å². The van der Waals surface area contributed by atoms with Crippen molar-refractivity contribution in [2.24, 2.45) is 5.92 Å². The number of rotatable bonds is 3. The van der Waals surface area contributed by atoms with Crippen molar-refractivity contribution in [3.8, 4) is 6.19 Å². The molecular formula is C16H17Cl2N3O2. The Kier molecular flexibility index (Phi) is 5.86. The number of carbonyl (C=O) groups is 2. The third-order valence-electron chi connectivity index (χ3n) is 4.00. The van der Waals surface area contributed by atoms with Gasteiger partial charge in [-0.25, -0.2) is 0 Å². The summed E-state index contributed by atoms with van der Waals surface area (Å²) in [7, 11) is 1.44. The molecule has 0 saturated heterocycles. The summed E-state index contributed by atoms with van der Waals surface area (Å²) in [5.74, 6) is -0.965. The maximum absolute atomic E-state index is 12.4. The molecule has 1 fully saturated rings. The molecule has 0 spiro atoms. The number of benzene rings is 1. The molecule has 7 heteroatoms. The molecule has 1 N–H and O–H groups in total. The molecule has 0 unspecified atom stereocenters. The zero-order chi connectivity index (χ0) is 17.0. The van der Waals surface area contributed by atoms with Gasteiger partial charge in [0.25, 0.3) is 5.91 Å². The molecular weight excluding hydrogens is 337 g/mol. The standard InChI is InChI=1S/C16H17Cl2N3O2/c1-21(9-19)16(23)13-4-2-3-5-14(13)20-15(22)10-6-11(17)8-12(18)7-10/h6-8,13-14H,2-5H2,1H3,(H,20,22)/t13-,14+/m0/s1. The fraction of sp³-hybridized carbons (Fsp3) is 0.438. The summed E-state index contributed by atoms with van der Waals surface area (Å²) >= 11 is 11.8. The van der Waals surface area contributed by atoms with E-state index in [0.717, 1.165) is 17.7 Å². The molecule has 122 valence electrons. The molecule has 2 amide bonds. The molecule has 1 aromatic rings. The Labute approximate surface area is 145 Å². The van der Waals surface area contributed by atoms with Crippen molar-refractivity contribution in [1.82, 2.24) is 10.2 Å². The van der Waals surface area contributed by atoms with E-state index in [9.17, 15) is 9.59 Å². The fourth-order valence-electron chi connectivity index (χ4n) is 2.83. The first kappa shape index (κ1) is 17.6. The van der Waals surface area contributed by atoms with Gasteiger partial charge in [-0.1, -0.05) is 36.0 Å². The number of nitriles is 1. The Morgan fingerprint density at radius 2 is 1.83 bits per heavy atom. The molecule has 1 aliphatic carbocycles. The van der Waals surface area contributed by atoms with E-state index in [4.69, 9.17) is 28.5 Å². The minimum absolute atomic E-state index is 0.262. The third kappa shape index (κ3) is 4.37. The molecule has 0 radical (unpaired) electrons. The van der Waals surface area contributed by atoms with Crippen LogP contribution in [0.4, 0.5) is 0 Å². The number of nitrogens with one attached hydrogen (secondary N) is 1. The van der Waals surface area contributed by atoms with Gasteiger partial charge in [0, 0.05) is 28.7 Å². The molecule has 0 heterocycles. The summed E-state index contributed by atoms with van der Waals surface area (Å²) in [4.78, 5) is 25.7. The third-order valence-corrected chi connectivity index (χ3v) is 4.44. The van der Waals surface area contributed by atoms with Crippen molar-refractivity contribution in [3.05, 3.63) is 33.8 Å². The van der Waals surface area contributed by atoms with E-state index in [1.54, 1.807) is 6.07 Å². The van der Waals surface area contributed by atoms with Crippen LogP contribution in [0.2, 0.25) is 10.0 Å². The monoisotopic (exact) mass is 353 g/mol. The van der Waals surface area contributed by atoms with Crippen LogP contribution in [0, 0.1) is 17.4 Å². The minimum atomic E-state index is -0.382. The van der Waals surface area contributed by atoms with E-state index < -0.39 is 0 Å². The highest BCUT2D eigenvalue weighted by Crippen LogP contribution is 2.27. The van der Waals surface area contributed by atoms with Crippen LogP contribution in [0.1, 0.15) is 36.0 Å². The first-order valence-corrected chi connectivity index (χ1v) is 8.12. The van der Waals surface area contributed by atoms with Gasteiger partial charge in [0.15, 0.2) is 6.19 Å². The smallest absolute Gasteiger partial charge is 0.251 e. The normalized spacial score (nSPS) is 20.4. The number of hydrogen-bond donors (Lipinski definition) is 1. The highest BCUT2D eigenvalue weighted by molar-refractivity contribution is 6.35.